The smallest absolute Gasteiger partial charge is 0.416 e. The molecule has 1 aromatic heterocycles. The largest absolute Gasteiger partial charge is 0.459 e. The van der Waals surface area contributed by atoms with Crippen molar-refractivity contribution >= 4 is 11.8 Å². The standard InChI is InChI=1S/C23H19F3N2O3/c24-23(25,26)18-9-7-15(8-10-18)13-27-21(29)19-12-16-4-1-2-5-17(16)14-28(19)22(30)20-6-3-11-31-20/h1-11,19H,12-14H2,(H,27,29). The first-order valence-electron chi connectivity index (χ1n) is 9.68. The lowest BCUT2D eigenvalue weighted by Crippen LogP contribution is -2.52. The minimum atomic E-state index is -4.41. The van der Waals surface area contributed by atoms with E-state index in [4.69, 9.17) is 4.42 Å². The van der Waals surface area contributed by atoms with Crippen molar-refractivity contribution in [1.82, 2.24) is 10.2 Å². The second-order valence-corrected chi connectivity index (χ2v) is 7.31. The number of furan rings is 1. The molecule has 1 atom stereocenters. The van der Waals surface area contributed by atoms with Crippen LogP contribution in [0.25, 0.3) is 0 Å². The number of halogens is 3. The van der Waals surface area contributed by atoms with E-state index in [0.29, 0.717) is 12.0 Å². The SMILES string of the molecule is O=C(NCc1ccc(C(F)(F)F)cc1)C1Cc2ccccc2CN1C(=O)c1ccco1. The van der Waals surface area contributed by atoms with Crippen LogP contribution >= 0.6 is 0 Å². The maximum atomic E-state index is 13.0. The van der Waals surface area contributed by atoms with Gasteiger partial charge in [-0.05, 0) is 41.0 Å². The van der Waals surface area contributed by atoms with Crippen molar-refractivity contribution in [1.29, 1.82) is 0 Å². The Morgan fingerprint density at radius 1 is 1.00 bits per heavy atom. The summed E-state index contributed by atoms with van der Waals surface area (Å²) in [5.41, 5.74) is 1.71. The zero-order valence-corrected chi connectivity index (χ0v) is 16.4. The fraction of sp³-hybridized carbons (Fsp3) is 0.217. The van der Waals surface area contributed by atoms with Gasteiger partial charge in [0.2, 0.25) is 5.91 Å². The Hall–Kier alpha value is -3.55. The molecule has 160 valence electrons. The van der Waals surface area contributed by atoms with Gasteiger partial charge in [0, 0.05) is 19.5 Å². The van der Waals surface area contributed by atoms with E-state index < -0.39 is 23.7 Å². The van der Waals surface area contributed by atoms with Crippen molar-refractivity contribution in [2.24, 2.45) is 0 Å². The maximum absolute atomic E-state index is 13.0. The van der Waals surface area contributed by atoms with Crippen molar-refractivity contribution in [3.63, 3.8) is 0 Å². The van der Waals surface area contributed by atoms with E-state index in [9.17, 15) is 22.8 Å². The van der Waals surface area contributed by atoms with E-state index in [0.717, 1.165) is 23.3 Å². The first kappa shape index (κ1) is 20.7. The van der Waals surface area contributed by atoms with E-state index in [-0.39, 0.29) is 24.8 Å². The number of fused-ring (bicyclic) bond motifs is 1. The molecule has 2 amide bonds. The molecule has 0 saturated carbocycles. The summed E-state index contributed by atoms with van der Waals surface area (Å²) >= 11 is 0. The van der Waals surface area contributed by atoms with Gasteiger partial charge in [-0.3, -0.25) is 9.59 Å². The van der Waals surface area contributed by atoms with Gasteiger partial charge in [-0.1, -0.05) is 36.4 Å². The number of carbonyl (C=O) groups is 2. The molecule has 0 radical (unpaired) electrons. The lowest BCUT2D eigenvalue weighted by molar-refractivity contribution is -0.137. The van der Waals surface area contributed by atoms with Crippen molar-refractivity contribution in [3.05, 3.63) is 94.9 Å². The van der Waals surface area contributed by atoms with Gasteiger partial charge in [0.15, 0.2) is 5.76 Å². The average Bonchev–Trinajstić information content (AvgIpc) is 3.30. The molecule has 8 heteroatoms. The van der Waals surface area contributed by atoms with E-state index in [1.54, 1.807) is 12.1 Å². The molecule has 2 heterocycles. The van der Waals surface area contributed by atoms with Gasteiger partial charge in [-0.25, -0.2) is 0 Å². The van der Waals surface area contributed by atoms with Crippen LogP contribution in [0.1, 0.15) is 32.8 Å². The van der Waals surface area contributed by atoms with E-state index in [2.05, 4.69) is 5.32 Å². The van der Waals surface area contributed by atoms with Gasteiger partial charge in [0.05, 0.1) is 11.8 Å². The summed E-state index contributed by atoms with van der Waals surface area (Å²) in [7, 11) is 0. The van der Waals surface area contributed by atoms with Crippen molar-refractivity contribution in [3.8, 4) is 0 Å². The molecule has 1 aliphatic rings. The van der Waals surface area contributed by atoms with Crippen LogP contribution in [0.15, 0.2) is 71.3 Å². The van der Waals surface area contributed by atoms with Gasteiger partial charge in [-0.15, -0.1) is 0 Å². The number of carbonyl (C=O) groups excluding carboxylic acids is 2. The fourth-order valence-corrected chi connectivity index (χ4v) is 3.63. The summed E-state index contributed by atoms with van der Waals surface area (Å²) in [5.74, 6) is -0.636. The summed E-state index contributed by atoms with van der Waals surface area (Å²) in [6.45, 7) is 0.311. The number of nitrogens with one attached hydrogen (secondary N) is 1. The number of benzene rings is 2. The molecule has 0 saturated heterocycles. The molecule has 1 unspecified atom stereocenters. The van der Waals surface area contributed by atoms with Crippen molar-refractivity contribution < 1.29 is 27.2 Å². The van der Waals surface area contributed by atoms with Crippen LogP contribution in [0.3, 0.4) is 0 Å². The Kier molecular flexibility index (Phi) is 5.54. The van der Waals surface area contributed by atoms with Crippen LogP contribution in [0.4, 0.5) is 13.2 Å². The number of amides is 2. The topological polar surface area (TPSA) is 62.6 Å². The van der Waals surface area contributed by atoms with Gasteiger partial charge < -0.3 is 14.6 Å². The summed E-state index contributed by atoms with van der Waals surface area (Å²) in [6, 6.07) is 14.6. The van der Waals surface area contributed by atoms with Crippen LogP contribution in [0.5, 0.6) is 0 Å². The van der Waals surface area contributed by atoms with E-state index >= 15 is 0 Å². The molecule has 1 aliphatic heterocycles. The molecule has 4 rings (SSSR count). The quantitative estimate of drug-likeness (QED) is 0.678. The predicted octanol–water partition coefficient (Wildman–Crippen LogP) is 4.18. The molecule has 31 heavy (non-hydrogen) atoms. The average molecular weight is 428 g/mol. The third kappa shape index (κ3) is 4.47. The lowest BCUT2D eigenvalue weighted by Gasteiger charge is -2.35. The van der Waals surface area contributed by atoms with Gasteiger partial charge in [-0.2, -0.15) is 13.2 Å². The molecule has 0 fully saturated rings. The Balaban J connectivity index is 1.51. The fourth-order valence-electron chi connectivity index (χ4n) is 3.63. The highest BCUT2D eigenvalue weighted by atomic mass is 19.4. The monoisotopic (exact) mass is 428 g/mol. The highest BCUT2D eigenvalue weighted by Gasteiger charge is 2.36. The molecule has 1 N–H and O–H groups in total. The molecule has 3 aromatic rings. The lowest BCUT2D eigenvalue weighted by atomic mass is 9.93. The first-order chi connectivity index (χ1) is 14.8. The van der Waals surface area contributed by atoms with Crippen LogP contribution in [0, 0.1) is 0 Å². The second kappa shape index (κ2) is 8.29. The molecule has 5 nitrogen and oxygen atoms in total. The van der Waals surface area contributed by atoms with Gasteiger partial charge >= 0.3 is 6.18 Å². The minimum absolute atomic E-state index is 0.0535. The van der Waals surface area contributed by atoms with E-state index in [1.165, 1.54) is 23.3 Å². The Morgan fingerprint density at radius 3 is 2.35 bits per heavy atom. The highest BCUT2D eigenvalue weighted by molar-refractivity contribution is 5.96. The summed E-state index contributed by atoms with van der Waals surface area (Å²) in [4.78, 5) is 27.4. The first-order valence-corrected chi connectivity index (χ1v) is 9.68. The summed E-state index contributed by atoms with van der Waals surface area (Å²) in [5, 5.41) is 2.74. The molecule has 2 aromatic carbocycles. The number of nitrogens with zero attached hydrogens (tertiary/aromatic N) is 1. The Labute approximate surface area is 176 Å². The van der Waals surface area contributed by atoms with Crippen molar-refractivity contribution in [2.45, 2.75) is 31.7 Å². The Bertz CT molecular complexity index is 1080. The summed E-state index contributed by atoms with van der Waals surface area (Å²) in [6.07, 6.45) is -2.68. The highest BCUT2D eigenvalue weighted by Crippen LogP contribution is 2.29. The van der Waals surface area contributed by atoms with Crippen LogP contribution in [-0.2, 0) is 30.5 Å². The molecule has 0 spiro atoms. The zero-order chi connectivity index (χ0) is 22.0. The van der Waals surface area contributed by atoms with Crippen LogP contribution < -0.4 is 5.32 Å². The predicted molar refractivity (Wildman–Crippen MR) is 106 cm³/mol. The number of hydrogen-bond acceptors (Lipinski definition) is 3. The number of alkyl halides is 3. The van der Waals surface area contributed by atoms with Crippen molar-refractivity contribution in [2.75, 3.05) is 0 Å². The normalized spacial score (nSPS) is 16.0. The molecule has 0 bridgehead atoms. The minimum Gasteiger partial charge on any atom is -0.459 e. The van der Waals surface area contributed by atoms with Crippen LogP contribution in [0.2, 0.25) is 0 Å². The summed E-state index contributed by atoms with van der Waals surface area (Å²) < 4.78 is 43.4. The Morgan fingerprint density at radius 2 is 1.71 bits per heavy atom. The third-order valence-corrected chi connectivity index (χ3v) is 5.29. The van der Waals surface area contributed by atoms with Crippen LogP contribution in [-0.4, -0.2) is 22.8 Å². The molecular formula is C23H19F3N2O3. The third-order valence-electron chi connectivity index (χ3n) is 5.29. The van der Waals surface area contributed by atoms with Gasteiger partial charge in [0.1, 0.15) is 6.04 Å². The second-order valence-electron chi connectivity index (χ2n) is 7.31. The number of hydrogen-bond donors (Lipinski definition) is 1. The van der Waals surface area contributed by atoms with Gasteiger partial charge in [0.25, 0.3) is 5.91 Å². The molecular weight excluding hydrogens is 409 g/mol. The molecule has 0 aliphatic carbocycles. The van der Waals surface area contributed by atoms with E-state index in [1.807, 2.05) is 24.3 Å². The zero-order valence-electron chi connectivity index (χ0n) is 16.4. The number of rotatable bonds is 4. The maximum Gasteiger partial charge on any atom is 0.416 e.